The first kappa shape index (κ1) is 11.8. The number of nitrogens with one attached hydrogen (secondary N) is 1. The summed E-state index contributed by atoms with van der Waals surface area (Å²) in [5.74, 6) is 0.424. The van der Waals surface area contributed by atoms with Crippen molar-refractivity contribution in [2.24, 2.45) is 11.3 Å². The van der Waals surface area contributed by atoms with E-state index in [2.05, 4.69) is 14.9 Å². The first-order valence-corrected chi connectivity index (χ1v) is 7.12. The van der Waals surface area contributed by atoms with Crippen molar-refractivity contribution in [2.45, 2.75) is 19.3 Å². The van der Waals surface area contributed by atoms with Crippen LogP contribution in [0.1, 0.15) is 19.3 Å². The molecule has 104 valence electrons. The Morgan fingerprint density at radius 3 is 3.05 bits per heavy atom. The molecule has 0 amide bonds. The summed E-state index contributed by atoms with van der Waals surface area (Å²) >= 11 is 0. The van der Waals surface area contributed by atoms with Crippen molar-refractivity contribution < 1.29 is 9.90 Å². The maximum Gasteiger partial charge on any atom is 0.311 e. The number of aromatic nitrogens is 2. The number of H-pyrrole nitrogens is 1. The monoisotopic (exact) mass is 271 g/mol. The molecule has 0 bridgehead atoms. The number of nitrogens with zero attached hydrogens (tertiary/aromatic N) is 2. The Hall–Kier alpha value is -2.04. The second-order valence-electron chi connectivity index (χ2n) is 6.01. The number of anilines is 1. The van der Waals surface area contributed by atoms with Crippen molar-refractivity contribution in [3.05, 3.63) is 24.3 Å². The molecule has 5 heteroatoms. The lowest BCUT2D eigenvalue weighted by Crippen LogP contribution is -2.35. The van der Waals surface area contributed by atoms with Crippen LogP contribution in [0, 0.1) is 11.3 Å². The topological polar surface area (TPSA) is 69.2 Å². The van der Waals surface area contributed by atoms with Gasteiger partial charge in [0.2, 0.25) is 5.95 Å². The Bertz CT molecular complexity index is 648. The van der Waals surface area contributed by atoms with Crippen LogP contribution in [-0.2, 0) is 4.79 Å². The molecule has 20 heavy (non-hydrogen) atoms. The van der Waals surface area contributed by atoms with Gasteiger partial charge in [-0.2, -0.15) is 0 Å². The number of carboxylic acids is 1. The van der Waals surface area contributed by atoms with Crippen molar-refractivity contribution in [2.75, 3.05) is 18.0 Å². The van der Waals surface area contributed by atoms with Crippen LogP contribution in [0.25, 0.3) is 11.0 Å². The number of hydrogen-bond acceptors (Lipinski definition) is 3. The number of hydrogen-bond donors (Lipinski definition) is 2. The highest BCUT2D eigenvalue weighted by Crippen LogP contribution is 2.49. The first-order chi connectivity index (χ1) is 9.69. The standard InChI is InChI=1S/C15H17N3O2/c19-13(20)15-7-3-4-10(15)8-18(9-15)14-16-11-5-1-2-6-12(11)17-14/h1-2,5-6,10H,3-4,7-9H2,(H,16,17)(H,19,20)/t10-,15+/m0/s1. The molecular formula is C15H17N3O2. The number of rotatable bonds is 2. The molecule has 0 unspecified atom stereocenters. The molecule has 2 N–H and O–H groups in total. The highest BCUT2D eigenvalue weighted by Gasteiger charge is 2.55. The van der Waals surface area contributed by atoms with Gasteiger partial charge in [0.25, 0.3) is 0 Å². The second-order valence-corrected chi connectivity index (χ2v) is 6.01. The minimum Gasteiger partial charge on any atom is -0.481 e. The minimum atomic E-state index is -0.640. The fraction of sp³-hybridized carbons (Fsp3) is 0.467. The highest BCUT2D eigenvalue weighted by atomic mass is 16.4. The van der Waals surface area contributed by atoms with E-state index in [0.717, 1.165) is 42.8 Å². The van der Waals surface area contributed by atoms with E-state index in [1.165, 1.54) is 0 Å². The SMILES string of the molecule is O=C(O)[C@@]12CCC[C@H]1CN(c1nc3ccccc3[nH]1)C2. The maximum atomic E-state index is 11.7. The quantitative estimate of drug-likeness (QED) is 0.879. The summed E-state index contributed by atoms with van der Waals surface area (Å²) in [6.45, 7) is 1.37. The van der Waals surface area contributed by atoms with Crippen molar-refractivity contribution >= 4 is 23.0 Å². The zero-order valence-electron chi connectivity index (χ0n) is 11.2. The molecule has 2 aliphatic rings. The number of imidazole rings is 1. The van der Waals surface area contributed by atoms with Gasteiger partial charge in [-0.1, -0.05) is 18.6 Å². The summed E-state index contributed by atoms with van der Waals surface area (Å²) in [6.07, 6.45) is 2.84. The molecule has 2 aromatic rings. The summed E-state index contributed by atoms with van der Waals surface area (Å²) in [7, 11) is 0. The van der Waals surface area contributed by atoms with Gasteiger partial charge in [0, 0.05) is 13.1 Å². The van der Waals surface area contributed by atoms with Crippen LogP contribution < -0.4 is 4.90 Å². The molecule has 4 rings (SSSR count). The highest BCUT2D eigenvalue weighted by molar-refractivity contribution is 5.80. The lowest BCUT2D eigenvalue weighted by molar-refractivity contribution is -0.149. The van der Waals surface area contributed by atoms with Crippen LogP contribution in [0.5, 0.6) is 0 Å². The third-order valence-electron chi connectivity index (χ3n) is 4.97. The number of aromatic amines is 1. The number of para-hydroxylation sites is 2. The van der Waals surface area contributed by atoms with Crippen molar-refractivity contribution in [3.8, 4) is 0 Å². The van der Waals surface area contributed by atoms with Crippen LogP contribution in [0.3, 0.4) is 0 Å². The molecule has 1 saturated heterocycles. The van der Waals surface area contributed by atoms with Crippen LogP contribution in [-0.4, -0.2) is 34.1 Å². The lowest BCUT2D eigenvalue weighted by Gasteiger charge is -2.23. The fourth-order valence-electron chi connectivity index (χ4n) is 3.89. The summed E-state index contributed by atoms with van der Waals surface area (Å²) in [6, 6.07) is 7.90. The fourth-order valence-corrected chi connectivity index (χ4v) is 3.89. The summed E-state index contributed by atoms with van der Waals surface area (Å²) in [4.78, 5) is 21.7. The largest absolute Gasteiger partial charge is 0.481 e. The van der Waals surface area contributed by atoms with Crippen LogP contribution in [0.2, 0.25) is 0 Å². The molecular weight excluding hydrogens is 254 g/mol. The Morgan fingerprint density at radius 2 is 2.30 bits per heavy atom. The van der Waals surface area contributed by atoms with Crippen molar-refractivity contribution in [3.63, 3.8) is 0 Å². The third-order valence-corrected chi connectivity index (χ3v) is 4.97. The molecule has 1 aromatic carbocycles. The Kier molecular flexibility index (Phi) is 2.34. The minimum absolute atomic E-state index is 0.258. The third kappa shape index (κ3) is 1.49. The number of benzene rings is 1. The Balaban J connectivity index is 1.69. The Morgan fingerprint density at radius 1 is 1.45 bits per heavy atom. The van der Waals surface area contributed by atoms with E-state index in [4.69, 9.17) is 0 Å². The van der Waals surface area contributed by atoms with Crippen molar-refractivity contribution in [1.29, 1.82) is 0 Å². The molecule has 2 fully saturated rings. The van der Waals surface area contributed by atoms with Crippen LogP contribution in [0.4, 0.5) is 5.95 Å². The van der Waals surface area contributed by atoms with E-state index in [9.17, 15) is 9.90 Å². The smallest absolute Gasteiger partial charge is 0.311 e. The maximum absolute atomic E-state index is 11.7. The van der Waals surface area contributed by atoms with E-state index in [0.29, 0.717) is 6.54 Å². The summed E-state index contributed by atoms with van der Waals surface area (Å²) in [5.41, 5.74) is 1.38. The number of aliphatic carboxylic acids is 1. The Labute approximate surface area is 116 Å². The molecule has 1 saturated carbocycles. The molecule has 5 nitrogen and oxygen atoms in total. The predicted octanol–water partition coefficient (Wildman–Crippen LogP) is 2.25. The molecule has 2 heterocycles. The zero-order chi connectivity index (χ0) is 13.7. The molecule has 1 aromatic heterocycles. The molecule has 1 aliphatic carbocycles. The second kappa shape index (κ2) is 3.98. The average Bonchev–Trinajstić information content (AvgIpc) is 3.09. The van der Waals surface area contributed by atoms with Gasteiger partial charge in [-0.25, -0.2) is 4.98 Å². The van der Waals surface area contributed by atoms with Crippen molar-refractivity contribution in [1.82, 2.24) is 9.97 Å². The zero-order valence-corrected chi connectivity index (χ0v) is 11.2. The average molecular weight is 271 g/mol. The van der Waals surface area contributed by atoms with Gasteiger partial charge >= 0.3 is 5.97 Å². The molecule has 0 spiro atoms. The van der Waals surface area contributed by atoms with Gasteiger partial charge in [0.1, 0.15) is 0 Å². The van der Waals surface area contributed by atoms with E-state index in [1.54, 1.807) is 0 Å². The normalized spacial score (nSPS) is 29.0. The predicted molar refractivity (Wildman–Crippen MR) is 75.7 cm³/mol. The number of carbonyl (C=O) groups is 1. The lowest BCUT2D eigenvalue weighted by atomic mass is 9.81. The van der Waals surface area contributed by atoms with Gasteiger partial charge < -0.3 is 15.0 Å². The molecule has 2 atom stereocenters. The van der Waals surface area contributed by atoms with Crippen LogP contribution in [0.15, 0.2) is 24.3 Å². The van der Waals surface area contributed by atoms with Gasteiger partial charge in [-0.3, -0.25) is 4.79 Å². The molecule has 0 radical (unpaired) electrons. The van der Waals surface area contributed by atoms with Gasteiger partial charge in [-0.05, 0) is 30.9 Å². The first-order valence-electron chi connectivity index (χ1n) is 7.12. The summed E-state index contributed by atoms with van der Waals surface area (Å²) in [5, 5.41) is 9.62. The number of fused-ring (bicyclic) bond motifs is 2. The molecule has 1 aliphatic heterocycles. The van der Waals surface area contributed by atoms with Gasteiger partial charge in [-0.15, -0.1) is 0 Å². The van der Waals surface area contributed by atoms with E-state index < -0.39 is 11.4 Å². The summed E-state index contributed by atoms with van der Waals surface area (Å²) < 4.78 is 0. The number of carboxylic acid groups (broad SMARTS) is 1. The van der Waals surface area contributed by atoms with Gasteiger partial charge in [0.15, 0.2) is 0 Å². The van der Waals surface area contributed by atoms with E-state index >= 15 is 0 Å². The van der Waals surface area contributed by atoms with E-state index in [-0.39, 0.29) is 5.92 Å². The van der Waals surface area contributed by atoms with E-state index in [1.807, 2.05) is 24.3 Å². The van der Waals surface area contributed by atoms with Gasteiger partial charge in [0.05, 0.1) is 16.4 Å². The van der Waals surface area contributed by atoms with Crippen LogP contribution >= 0.6 is 0 Å².